The molecule has 0 fully saturated rings. The Labute approximate surface area is 151 Å². The van der Waals surface area contributed by atoms with Gasteiger partial charge in [-0.15, -0.1) is 0 Å². The van der Waals surface area contributed by atoms with Crippen LogP contribution in [0.25, 0.3) is 0 Å². The lowest BCUT2D eigenvalue weighted by Crippen LogP contribution is -2.35. The van der Waals surface area contributed by atoms with Crippen LogP contribution in [0.5, 0.6) is 0 Å². The molecule has 0 atom stereocenters. The van der Waals surface area contributed by atoms with Crippen molar-refractivity contribution >= 4 is 39.6 Å². The molecule has 1 aliphatic heterocycles. The first-order valence-electron chi connectivity index (χ1n) is 7.59. The number of rotatable bonds is 5. The largest absolute Gasteiger partial charge is 0.360 e. The number of aromatic nitrogens is 1. The van der Waals surface area contributed by atoms with Crippen LogP contribution in [-0.4, -0.2) is 41.0 Å². The molecule has 2 aromatic rings. The fourth-order valence-electron chi connectivity index (χ4n) is 2.49. The Morgan fingerprint density at radius 2 is 2.00 bits per heavy atom. The van der Waals surface area contributed by atoms with Crippen molar-refractivity contribution < 1.29 is 18.9 Å². The zero-order chi connectivity index (χ0) is 18.0. The average Bonchev–Trinajstić information content (AvgIpc) is 3.07. The lowest BCUT2D eigenvalue weighted by atomic mass is 10.1. The van der Waals surface area contributed by atoms with Crippen molar-refractivity contribution in [2.45, 2.75) is 13.3 Å². The van der Waals surface area contributed by atoms with Gasteiger partial charge in [0.1, 0.15) is 5.76 Å². The Morgan fingerprint density at radius 1 is 1.24 bits per heavy atom. The monoisotopic (exact) mass is 406 g/mol. The number of carbonyl (C=O) groups excluding carboxylic acids is 3. The zero-order valence-electron chi connectivity index (χ0n) is 13.3. The summed E-state index contributed by atoms with van der Waals surface area (Å²) in [7, 11) is 0. The number of anilines is 1. The van der Waals surface area contributed by atoms with Gasteiger partial charge in [-0.3, -0.25) is 19.8 Å². The van der Waals surface area contributed by atoms with Gasteiger partial charge < -0.3 is 9.84 Å². The van der Waals surface area contributed by atoms with Gasteiger partial charge in [0, 0.05) is 23.6 Å². The number of benzene rings is 1. The first kappa shape index (κ1) is 17.2. The molecule has 0 spiro atoms. The molecule has 3 rings (SSSR count). The van der Waals surface area contributed by atoms with Crippen LogP contribution in [0.1, 0.15) is 32.9 Å². The van der Waals surface area contributed by atoms with Crippen LogP contribution in [-0.2, 0) is 0 Å². The quantitative estimate of drug-likeness (QED) is 0.586. The summed E-state index contributed by atoms with van der Waals surface area (Å²) in [5.41, 5.74) is 0.798. The van der Waals surface area contributed by atoms with Gasteiger partial charge in [-0.2, -0.15) is 0 Å². The molecule has 25 heavy (non-hydrogen) atoms. The Bertz CT molecular complexity index is 848. The fraction of sp³-hybridized carbons (Fsp3) is 0.250. The SMILES string of the molecule is Cc1cc(NC(=O)NCCCN2C(=O)c3ccc(Br)cc3C2=O)no1. The average molecular weight is 407 g/mol. The molecule has 0 radical (unpaired) electrons. The minimum absolute atomic E-state index is 0.229. The molecule has 0 saturated carbocycles. The summed E-state index contributed by atoms with van der Waals surface area (Å²) in [6.07, 6.45) is 0.442. The lowest BCUT2D eigenvalue weighted by Gasteiger charge is -2.13. The number of aryl methyl sites for hydroxylation is 1. The molecule has 2 heterocycles. The van der Waals surface area contributed by atoms with Gasteiger partial charge in [-0.25, -0.2) is 4.79 Å². The molecule has 1 aromatic heterocycles. The Hall–Kier alpha value is -2.68. The smallest absolute Gasteiger partial charge is 0.320 e. The predicted molar refractivity (Wildman–Crippen MR) is 92.4 cm³/mol. The summed E-state index contributed by atoms with van der Waals surface area (Å²) in [5.74, 6) is 0.285. The van der Waals surface area contributed by atoms with Crippen LogP contribution in [0, 0.1) is 6.92 Å². The van der Waals surface area contributed by atoms with E-state index in [2.05, 4.69) is 31.7 Å². The third-order valence-corrected chi connectivity index (χ3v) is 4.14. The molecule has 9 heteroatoms. The minimum Gasteiger partial charge on any atom is -0.360 e. The normalized spacial score (nSPS) is 13.1. The lowest BCUT2D eigenvalue weighted by molar-refractivity contribution is 0.0653. The van der Waals surface area contributed by atoms with Crippen LogP contribution in [0.3, 0.4) is 0 Å². The standard InChI is InChI=1S/C16H15BrN4O4/c1-9-7-13(20-25-9)19-16(24)18-5-2-6-21-14(22)11-4-3-10(17)8-12(11)15(21)23/h3-4,7-8H,2,5-6H2,1H3,(H2,18,19,20,24). The highest BCUT2D eigenvalue weighted by Gasteiger charge is 2.34. The minimum atomic E-state index is -0.431. The van der Waals surface area contributed by atoms with E-state index in [4.69, 9.17) is 4.52 Å². The topological polar surface area (TPSA) is 105 Å². The predicted octanol–water partition coefficient (Wildman–Crippen LogP) is 2.55. The van der Waals surface area contributed by atoms with Gasteiger partial charge in [0.2, 0.25) is 0 Å². The number of hydrogen-bond acceptors (Lipinski definition) is 5. The summed E-state index contributed by atoms with van der Waals surface area (Å²) in [5, 5.41) is 8.81. The molecule has 4 amide bonds. The number of nitrogens with zero attached hydrogens (tertiary/aromatic N) is 2. The van der Waals surface area contributed by atoms with Gasteiger partial charge in [0.15, 0.2) is 5.82 Å². The second-order valence-electron chi connectivity index (χ2n) is 5.51. The van der Waals surface area contributed by atoms with E-state index in [0.29, 0.717) is 35.7 Å². The van der Waals surface area contributed by atoms with Crippen LogP contribution >= 0.6 is 15.9 Å². The number of hydrogen-bond donors (Lipinski definition) is 2. The molecule has 1 aliphatic rings. The zero-order valence-corrected chi connectivity index (χ0v) is 14.9. The van der Waals surface area contributed by atoms with E-state index in [1.54, 1.807) is 31.2 Å². The Kier molecular flexibility index (Phi) is 4.84. The summed E-state index contributed by atoms with van der Waals surface area (Å²) < 4.78 is 5.59. The highest BCUT2D eigenvalue weighted by atomic mass is 79.9. The molecule has 2 N–H and O–H groups in total. The van der Waals surface area contributed by atoms with E-state index in [1.807, 2.05) is 0 Å². The van der Waals surface area contributed by atoms with E-state index >= 15 is 0 Å². The Balaban J connectivity index is 1.47. The second kappa shape index (κ2) is 7.06. The number of amides is 4. The summed E-state index contributed by atoms with van der Waals surface area (Å²) in [6, 6.07) is 6.16. The van der Waals surface area contributed by atoms with Crippen molar-refractivity contribution in [3.8, 4) is 0 Å². The molecule has 0 aliphatic carbocycles. The van der Waals surface area contributed by atoms with Crippen molar-refractivity contribution in [3.63, 3.8) is 0 Å². The third kappa shape index (κ3) is 3.71. The number of fused-ring (bicyclic) bond motifs is 1. The number of imide groups is 1. The van der Waals surface area contributed by atoms with Gasteiger partial charge in [0.05, 0.1) is 11.1 Å². The Morgan fingerprint density at radius 3 is 2.72 bits per heavy atom. The third-order valence-electron chi connectivity index (χ3n) is 3.65. The first-order valence-corrected chi connectivity index (χ1v) is 8.39. The molecular weight excluding hydrogens is 392 g/mol. The van der Waals surface area contributed by atoms with E-state index in [0.717, 1.165) is 4.47 Å². The number of carbonyl (C=O) groups is 3. The fourth-order valence-corrected chi connectivity index (χ4v) is 2.85. The van der Waals surface area contributed by atoms with Crippen molar-refractivity contribution in [1.82, 2.24) is 15.4 Å². The van der Waals surface area contributed by atoms with Crippen LogP contribution in [0.15, 0.2) is 33.3 Å². The van der Waals surface area contributed by atoms with Gasteiger partial charge in [0.25, 0.3) is 11.8 Å². The molecular formula is C16H15BrN4O4. The van der Waals surface area contributed by atoms with E-state index in [-0.39, 0.29) is 18.4 Å². The van der Waals surface area contributed by atoms with Gasteiger partial charge in [-0.1, -0.05) is 21.1 Å². The van der Waals surface area contributed by atoms with Crippen molar-refractivity contribution in [3.05, 3.63) is 45.6 Å². The molecule has 1 aromatic carbocycles. The van der Waals surface area contributed by atoms with Gasteiger partial charge in [-0.05, 0) is 31.5 Å². The van der Waals surface area contributed by atoms with E-state index < -0.39 is 6.03 Å². The molecule has 8 nitrogen and oxygen atoms in total. The van der Waals surface area contributed by atoms with Crippen LogP contribution in [0.2, 0.25) is 0 Å². The molecule has 0 unspecified atom stereocenters. The summed E-state index contributed by atoms with van der Waals surface area (Å²) in [4.78, 5) is 37.5. The summed E-state index contributed by atoms with van der Waals surface area (Å²) >= 11 is 3.29. The van der Waals surface area contributed by atoms with Crippen LogP contribution in [0.4, 0.5) is 10.6 Å². The number of urea groups is 1. The van der Waals surface area contributed by atoms with Gasteiger partial charge >= 0.3 is 6.03 Å². The highest BCUT2D eigenvalue weighted by Crippen LogP contribution is 2.25. The molecule has 0 saturated heterocycles. The maximum absolute atomic E-state index is 12.3. The maximum atomic E-state index is 12.3. The molecule has 0 bridgehead atoms. The first-order chi connectivity index (χ1) is 12.0. The van der Waals surface area contributed by atoms with E-state index in [9.17, 15) is 14.4 Å². The number of nitrogens with one attached hydrogen (secondary N) is 2. The van der Waals surface area contributed by atoms with E-state index in [1.165, 1.54) is 4.90 Å². The molecule has 130 valence electrons. The number of halogens is 1. The second-order valence-corrected chi connectivity index (χ2v) is 6.42. The highest BCUT2D eigenvalue weighted by molar-refractivity contribution is 9.10. The summed E-state index contributed by atoms with van der Waals surface area (Å²) in [6.45, 7) is 2.25. The van der Waals surface area contributed by atoms with Crippen LogP contribution < -0.4 is 10.6 Å². The maximum Gasteiger partial charge on any atom is 0.320 e. The van der Waals surface area contributed by atoms with Crippen molar-refractivity contribution in [1.29, 1.82) is 0 Å². The van der Waals surface area contributed by atoms with Crippen molar-refractivity contribution in [2.24, 2.45) is 0 Å². The van der Waals surface area contributed by atoms with Crippen molar-refractivity contribution in [2.75, 3.05) is 18.4 Å².